The molecule has 242 valence electrons. The summed E-state index contributed by atoms with van der Waals surface area (Å²) in [5.41, 5.74) is 5.67. The molecule has 2 aromatic heterocycles. The van der Waals surface area contributed by atoms with E-state index in [9.17, 15) is 9.59 Å². The van der Waals surface area contributed by atoms with Crippen LogP contribution in [-0.2, 0) is 28.5 Å². The summed E-state index contributed by atoms with van der Waals surface area (Å²) in [6.07, 6.45) is 0.787. The summed E-state index contributed by atoms with van der Waals surface area (Å²) in [4.78, 5) is 40.8. The average Bonchev–Trinajstić information content (AvgIpc) is 3.89. The van der Waals surface area contributed by atoms with E-state index in [-0.39, 0.29) is 25.4 Å². The van der Waals surface area contributed by atoms with Crippen LogP contribution in [0.25, 0.3) is 33.6 Å². The Morgan fingerprint density at radius 3 is 1.39 bits per heavy atom. The first-order valence-corrected chi connectivity index (χ1v) is 15.6. The Hall–Kier alpha value is -4.36. The van der Waals surface area contributed by atoms with Crippen LogP contribution in [0.2, 0.25) is 0 Å². The van der Waals surface area contributed by atoms with Gasteiger partial charge in [0.1, 0.15) is 25.2 Å². The lowest BCUT2D eigenvalue weighted by atomic mass is 10.0. The zero-order valence-electron chi connectivity index (χ0n) is 26.4. The van der Waals surface area contributed by atoms with Gasteiger partial charge >= 0.3 is 0 Å². The van der Waals surface area contributed by atoms with Gasteiger partial charge < -0.3 is 39.5 Å². The fourth-order valence-corrected chi connectivity index (χ4v) is 5.34. The van der Waals surface area contributed by atoms with Crippen molar-refractivity contribution in [1.82, 2.24) is 30.6 Å². The SMILES string of the molecule is CC(C)CNC(=O)[C@@H]1OCO[C@H]1c1ncc(-c2ccc(-c3ccc(-c4cnc([C@@H]5OCO[C@H]5C(=O)NCC(C)C)[nH]4)cc3)cc2)[nH]1. The second kappa shape index (κ2) is 14.0. The van der Waals surface area contributed by atoms with Crippen LogP contribution in [0.5, 0.6) is 0 Å². The van der Waals surface area contributed by atoms with Gasteiger partial charge in [0, 0.05) is 13.1 Å². The summed E-state index contributed by atoms with van der Waals surface area (Å²) in [5.74, 6) is 1.37. The predicted octanol–water partition coefficient (Wildman–Crippen LogP) is 4.51. The molecule has 2 saturated heterocycles. The number of benzene rings is 2. The van der Waals surface area contributed by atoms with Gasteiger partial charge in [0.25, 0.3) is 11.8 Å². The number of nitrogens with zero attached hydrogens (tertiary/aromatic N) is 2. The number of rotatable bonds is 11. The molecule has 4 heterocycles. The Labute approximate surface area is 267 Å². The predicted molar refractivity (Wildman–Crippen MR) is 170 cm³/mol. The second-order valence-electron chi connectivity index (χ2n) is 12.4. The molecule has 12 nitrogen and oxygen atoms in total. The van der Waals surface area contributed by atoms with Crippen molar-refractivity contribution in [1.29, 1.82) is 0 Å². The second-order valence-corrected chi connectivity index (χ2v) is 12.4. The Balaban J connectivity index is 1.09. The molecule has 2 fully saturated rings. The summed E-state index contributed by atoms with van der Waals surface area (Å²) in [6.45, 7) is 9.37. The van der Waals surface area contributed by atoms with Crippen LogP contribution < -0.4 is 10.6 Å². The van der Waals surface area contributed by atoms with E-state index in [2.05, 4.69) is 54.8 Å². The molecule has 0 aliphatic carbocycles. The molecule has 12 heteroatoms. The molecule has 2 aromatic carbocycles. The van der Waals surface area contributed by atoms with Crippen molar-refractivity contribution >= 4 is 11.8 Å². The first kappa shape index (κ1) is 31.6. The lowest BCUT2D eigenvalue weighted by Crippen LogP contribution is -2.39. The van der Waals surface area contributed by atoms with E-state index in [1.54, 1.807) is 12.4 Å². The minimum Gasteiger partial charge on any atom is -0.353 e. The number of nitrogens with one attached hydrogen (secondary N) is 4. The number of aromatic nitrogens is 4. The highest BCUT2D eigenvalue weighted by Gasteiger charge is 2.39. The van der Waals surface area contributed by atoms with Crippen molar-refractivity contribution in [3.8, 4) is 33.6 Å². The Morgan fingerprint density at radius 1 is 0.652 bits per heavy atom. The zero-order chi connectivity index (χ0) is 32.2. The number of imidazole rings is 2. The summed E-state index contributed by atoms with van der Waals surface area (Å²) < 4.78 is 22.5. The molecular weight excluding hydrogens is 588 g/mol. The van der Waals surface area contributed by atoms with Gasteiger partial charge in [-0.05, 0) is 34.1 Å². The van der Waals surface area contributed by atoms with E-state index < -0.39 is 24.4 Å². The van der Waals surface area contributed by atoms with Crippen LogP contribution in [-0.4, -0.2) is 70.6 Å². The third-order valence-corrected chi connectivity index (χ3v) is 7.88. The van der Waals surface area contributed by atoms with Gasteiger partial charge in [-0.3, -0.25) is 9.59 Å². The maximum Gasteiger partial charge on any atom is 0.252 e. The van der Waals surface area contributed by atoms with E-state index in [1.807, 2.05) is 52.0 Å². The summed E-state index contributed by atoms with van der Waals surface area (Å²) >= 11 is 0. The quantitative estimate of drug-likeness (QED) is 0.189. The third kappa shape index (κ3) is 7.05. The van der Waals surface area contributed by atoms with Gasteiger partial charge in [-0.2, -0.15) is 0 Å². The molecular formula is C34H40N6O6. The Morgan fingerprint density at radius 2 is 1.02 bits per heavy atom. The number of carbonyl (C=O) groups is 2. The topological polar surface area (TPSA) is 152 Å². The number of carbonyl (C=O) groups excluding carboxylic acids is 2. The molecule has 0 bridgehead atoms. The van der Waals surface area contributed by atoms with E-state index in [0.29, 0.717) is 36.6 Å². The number of aromatic amines is 2. The number of amides is 2. The molecule has 0 saturated carbocycles. The summed E-state index contributed by atoms with van der Waals surface area (Å²) in [7, 11) is 0. The molecule has 2 aliphatic heterocycles. The smallest absolute Gasteiger partial charge is 0.252 e. The van der Waals surface area contributed by atoms with Gasteiger partial charge in [-0.15, -0.1) is 0 Å². The largest absolute Gasteiger partial charge is 0.353 e. The van der Waals surface area contributed by atoms with Gasteiger partial charge in [-0.25, -0.2) is 9.97 Å². The lowest BCUT2D eigenvalue weighted by molar-refractivity contribution is -0.131. The minimum absolute atomic E-state index is 0.0388. The van der Waals surface area contributed by atoms with Crippen molar-refractivity contribution in [2.45, 2.75) is 52.1 Å². The van der Waals surface area contributed by atoms with Crippen molar-refractivity contribution in [2.24, 2.45) is 11.8 Å². The van der Waals surface area contributed by atoms with Crippen molar-refractivity contribution < 1.29 is 28.5 Å². The molecule has 0 unspecified atom stereocenters. The molecule has 46 heavy (non-hydrogen) atoms. The highest BCUT2D eigenvalue weighted by molar-refractivity contribution is 5.82. The van der Waals surface area contributed by atoms with Gasteiger partial charge in [-0.1, -0.05) is 76.2 Å². The van der Waals surface area contributed by atoms with Crippen molar-refractivity contribution in [3.05, 3.63) is 72.6 Å². The van der Waals surface area contributed by atoms with E-state index >= 15 is 0 Å². The van der Waals surface area contributed by atoms with Crippen LogP contribution in [0.15, 0.2) is 60.9 Å². The van der Waals surface area contributed by atoms with Gasteiger partial charge in [0.05, 0.1) is 23.8 Å². The maximum absolute atomic E-state index is 12.6. The highest BCUT2D eigenvalue weighted by Crippen LogP contribution is 2.32. The van der Waals surface area contributed by atoms with Crippen LogP contribution in [0.3, 0.4) is 0 Å². The van der Waals surface area contributed by atoms with Crippen LogP contribution in [0.1, 0.15) is 51.6 Å². The average molecular weight is 629 g/mol. The molecule has 0 radical (unpaired) electrons. The van der Waals surface area contributed by atoms with Crippen LogP contribution in [0, 0.1) is 11.8 Å². The number of H-pyrrole nitrogens is 2. The molecule has 6 rings (SSSR count). The normalized spacial score (nSPS) is 21.3. The third-order valence-electron chi connectivity index (χ3n) is 7.88. The highest BCUT2D eigenvalue weighted by atomic mass is 16.7. The van der Waals surface area contributed by atoms with E-state index in [0.717, 1.165) is 33.6 Å². The van der Waals surface area contributed by atoms with Gasteiger partial charge in [0.15, 0.2) is 24.4 Å². The fraction of sp³-hybridized carbons (Fsp3) is 0.412. The number of ether oxygens (including phenoxy) is 4. The first-order valence-electron chi connectivity index (χ1n) is 15.6. The standard InChI is InChI=1S/C34H40N6O6/c1-19(2)13-37-33(41)29-27(43-17-45-29)31-35-15-25(39-31)23-9-5-21(6-10-23)22-7-11-24(12-8-22)26-16-36-32(40-26)28-30(46-18-44-28)34(42)38-14-20(3)4/h5-12,15-16,19-20,27-30H,13-14,17-18H2,1-4H3,(H,35,39)(H,36,40)(H,37,41)(H,38,42)/t27-,28-,29-,30-/m1/s1. The Kier molecular flexibility index (Phi) is 9.59. The van der Waals surface area contributed by atoms with Crippen LogP contribution in [0.4, 0.5) is 0 Å². The number of hydrogen-bond donors (Lipinski definition) is 4. The lowest BCUT2D eigenvalue weighted by Gasteiger charge is -2.16. The van der Waals surface area contributed by atoms with Crippen molar-refractivity contribution in [2.75, 3.05) is 26.7 Å². The molecule has 2 amide bonds. The molecule has 4 aromatic rings. The first-order chi connectivity index (χ1) is 22.3. The summed E-state index contributed by atoms with van der Waals surface area (Å²) in [6, 6.07) is 16.3. The fourth-order valence-electron chi connectivity index (χ4n) is 5.34. The maximum atomic E-state index is 12.6. The van der Waals surface area contributed by atoms with E-state index in [4.69, 9.17) is 18.9 Å². The zero-order valence-corrected chi connectivity index (χ0v) is 26.4. The summed E-state index contributed by atoms with van der Waals surface area (Å²) in [5, 5.41) is 5.82. The molecule has 4 N–H and O–H groups in total. The number of hydrogen-bond acceptors (Lipinski definition) is 8. The van der Waals surface area contributed by atoms with Gasteiger partial charge in [0.2, 0.25) is 0 Å². The molecule has 4 atom stereocenters. The van der Waals surface area contributed by atoms with E-state index in [1.165, 1.54) is 0 Å². The molecule has 2 aliphatic rings. The van der Waals surface area contributed by atoms with Crippen LogP contribution >= 0.6 is 0 Å². The Bertz CT molecular complexity index is 1510. The van der Waals surface area contributed by atoms with Crippen molar-refractivity contribution in [3.63, 3.8) is 0 Å². The molecule has 0 spiro atoms. The minimum atomic E-state index is -0.750. The monoisotopic (exact) mass is 628 g/mol.